The predicted molar refractivity (Wildman–Crippen MR) is 122 cm³/mol. The zero-order valence-corrected chi connectivity index (χ0v) is 18.9. The maximum absolute atomic E-state index is 13.5. The number of carbonyl (C=O) groups excluding carboxylic acids is 1. The number of hydrogen-bond acceptors (Lipinski definition) is 5. The van der Waals surface area contributed by atoms with Gasteiger partial charge in [-0.2, -0.15) is 23.5 Å². The van der Waals surface area contributed by atoms with E-state index < -0.39 is 28.7 Å². The minimum absolute atomic E-state index is 0.0461. The fourth-order valence-electron chi connectivity index (χ4n) is 4.14. The molecule has 2 aliphatic heterocycles. The zero-order valence-electron chi connectivity index (χ0n) is 18.1. The van der Waals surface area contributed by atoms with Gasteiger partial charge in [0.1, 0.15) is 11.6 Å². The van der Waals surface area contributed by atoms with Crippen LogP contribution >= 0.6 is 12.2 Å². The number of anilines is 2. The van der Waals surface area contributed by atoms with Crippen LogP contribution in [0.2, 0.25) is 0 Å². The van der Waals surface area contributed by atoms with Crippen molar-refractivity contribution in [3.05, 3.63) is 53.7 Å². The number of carbonyl (C=O) groups is 1. The molecule has 3 heterocycles. The number of fused-ring (bicyclic) bond motifs is 1. The maximum Gasteiger partial charge on any atom is 0.417 e. The summed E-state index contributed by atoms with van der Waals surface area (Å²) in [6.45, 7) is 4.67. The molecule has 0 saturated carbocycles. The lowest BCUT2D eigenvalue weighted by Gasteiger charge is -2.29. The molecule has 0 radical (unpaired) electrons. The van der Waals surface area contributed by atoms with Gasteiger partial charge >= 0.3 is 6.18 Å². The van der Waals surface area contributed by atoms with Gasteiger partial charge in [0.2, 0.25) is 0 Å². The Kier molecular flexibility index (Phi) is 4.93. The highest BCUT2D eigenvalue weighted by atomic mass is 32.1. The van der Waals surface area contributed by atoms with Gasteiger partial charge in [-0.25, -0.2) is 0 Å². The summed E-state index contributed by atoms with van der Waals surface area (Å²) in [4.78, 5) is 16.1. The van der Waals surface area contributed by atoms with Gasteiger partial charge in [0.05, 0.1) is 41.6 Å². The number of rotatable bonds is 4. The first kappa shape index (κ1) is 22.3. The molecule has 0 N–H and O–H groups in total. The Morgan fingerprint density at radius 2 is 1.94 bits per heavy atom. The highest BCUT2D eigenvalue weighted by molar-refractivity contribution is 7.81. The van der Waals surface area contributed by atoms with Crippen molar-refractivity contribution in [2.24, 2.45) is 0 Å². The van der Waals surface area contributed by atoms with Crippen molar-refractivity contribution in [3.63, 3.8) is 0 Å². The van der Waals surface area contributed by atoms with Gasteiger partial charge in [-0.3, -0.25) is 14.4 Å². The van der Waals surface area contributed by atoms with Crippen LogP contribution in [0.4, 0.5) is 24.5 Å². The second-order valence-electron chi connectivity index (χ2n) is 8.71. The van der Waals surface area contributed by atoms with Crippen LogP contribution in [-0.4, -0.2) is 39.0 Å². The topological polar surface area (TPSA) is 77.7 Å². The Hall–Kier alpha value is -3.49. The van der Waals surface area contributed by atoms with Crippen molar-refractivity contribution >= 4 is 45.5 Å². The second kappa shape index (κ2) is 7.51. The quantitative estimate of drug-likeness (QED) is 0.406. The second-order valence-corrected chi connectivity index (χ2v) is 9.07. The standard InChI is InChI=1S/C23H18F3N5O2S/c1-22(2)20(32)30(15-4-3-13(9-27)18(8-15)23(24,25)26)21(34)31(22)16-5-6-19-14(7-16)10-29(28-19)11-17-12-33-17/h3-8,10,17H,11-12H2,1-2H3. The third kappa shape index (κ3) is 3.59. The summed E-state index contributed by atoms with van der Waals surface area (Å²) < 4.78 is 47.6. The molecule has 5 rings (SSSR count). The number of ether oxygens (including phenoxy) is 1. The molecule has 1 unspecified atom stereocenters. The summed E-state index contributed by atoms with van der Waals surface area (Å²) in [5, 5.41) is 14.5. The Labute approximate surface area is 197 Å². The summed E-state index contributed by atoms with van der Waals surface area (Å²) in [6, 6.07) is 10.1. The average Bonchev–Trinajstić information content (AvgIpc) is 3.45. The van der Waals surface area contributed by atoms with Crippen molar-refractivity contribution < 1.29 is 22.7 Å². The lowest BCUT2D eigenvalue weighted by atomic mass is 10.0. The van der Waals surface area contributed by atoms with E-state index >= 15 is 0 Å². The van der Waals surface area contributed by atoms with Crippen molar-refractivity contribution in [3.8, 4) is 6.07 Å². The minimum Gasteiger partial charge on any atom is -0.371 e. The number of nitrogens with zero attached hydrogens (tertiary/aromatic N) is 5. The van der Waals surface area contributed by atoms with Gasteiger partial charge in [0.25, 0.3) is 5.91 Å². The molecular formula is C23H18F3N5O2S. The van der Waals surface area contributed by atoms with Crippen LogP contribution in [0.1, 0.15) is 25.0 Å². The lowest BCUT2D eigenvalue weighted by molar-refractivity contribution is -0.137. The van der Waals surface area contributed by atoms with E-state index in [1.54, 1.807) is 35.6 Å². The highest BCUT2D eigenvalue weighted by Crippen LogP contribution is 2.40. The van der Waals surface area contributed by atoms with E-state index in [0.717, 1.165) is 27.9 Å². The Morgan fingerprint density at radius 1 is 1.24 bits per heavy atom. The molecule has 7 nitrogen and oxygen atoms in total. The van der Waals surface area contributed by atoms with Crippen LogP contribution in [0.5, 0.6) is 0 Å². The summed E-state index contributed by atoms with van der Waals surface area (Å²) in [5.74, 6) is -0.475. The predicted octanol–water partition coefficient (Wildman–Crippen LogP) is 4.24. The van der Waals surface area contributed by atoms with Crippen LogP contribution in [-0.2, 0) is 22.3 Å². The number of amides is 1. The Bertz CT molecular complexity index is 1390. The SMILES string of the molecule is CC1(C)C(=O)N(c2ccc(C#N)c(C(F)(F)F)c2)C(=S)N1c1ccc2nn(CC3CO3)cc2c1. The van der Waals surface area contributed by atoms with Crippen LogP contribution in [0, 0.1) is 11.3 Å². The molecule has 1 aromatic heterocycles. The monoisotopic (exact) mass is 485 g/mol. The molecule has 3 aromatic rings. The van der Waals surface area contributed by atoms with Crippen molar-refractivity contribution in [2.45, 2.75) is 38.2 Å². The summed E-state index contributed by atoms with van der Waals surface area (Å²) in [6.07, 6.45) is -2.71. The third-order valence-electron chi connectivity index (χ3n) is 5.94. The molecule has 11 heteroatoms. The van der Waals surface area contributed by atoms with Crippen LogP contribution in [0.15, 0.2) is 42.6 Å². The van der Waals surface area contributed by atoms with Gasteiger partial charge in [-0.05, 0) is 62.5 Å². The summed E-state index contributed by atoms with van der Waals surface area (Å²) in [5.41, 5.74) is -1.47. The van der Waals surface area contributed by atoms with Gasteiger partial charge in [0, 0.05) is 17.3 Å². The summed E-state index contributed by atoms with van der Waals surface area (Å²) >= 11 is 5.59. The van der Waals surface area contributed by atoms with Gasteiger partial charge in [-0.15, -0.1) is 0 Å². The van der Waals surface area contributed by atoms with Crippen molar-refractivity contribution in [2.75, 3.05) is 16.4 Å². The molecule has 2 saturated heterocycles. The van der Waals surface area contributed by atoms with Crippen LogP contribution < -0.4 is 9.80 Å². The molecule has 2 aromatic carbocycles. The van der Waals surface area contributed by atoms with Crippen molar-refractivity contribution in [1.82, 2.24) is 9.78 Å². The molecule has 1 amide bonds. The first-order valence-corrected chi connectivity index (χ1v) is 10.8. The van der Waals surface area contributed by atoms with E-state index in [-0.39, 0.29) is 16.9 Å². The number of epoxide rings is 1. The Morgan fingerprint density at radius 3 is 2.59 bits per heavy atom. The number of aromatic nitrogens is 2. The first-order chi connectivity index (χ1) is 16.0. The minimum atomic E-state index is -4.75. The fourth-order valence-corrected chi connectivity index (χ4v) is 4.66. The zero-order chi connectivity index (χ0) is 24.4. The Balaban J connectivity index is 1.54. The van der Waals surface area contributed by atoms with E-state index in [1.807, 2.05) is 18.3 Å². The van der Waals surface area contributed by atoms with E-state index in [2.05, 4.69) is 5.10 Å². The largest absolute Gasteiger partial charge is 0.417 e. The smallest absolute Gasteiger partial charge is 0.371 e. The van der Waals surface area contributed by atoms with E-state index in [4.69, 9.17) is 22.2 Å². The number of halogens is 3. The first-order valence-electron chi connectivity index (χ1n) is 10.4. The molecule has 34 heavy (non-hydrogen) atoms. The van der Waals surface area contributed by atoms with E-state index in [1.165, 1.54) is 6.07 Å². The molecule has 2 fully saturated rings. The average molecular weight is 485 g/mol. The molecular weight excluding hydrogens is 467 g/mol. The van der Waals surface area contributed by atoms with E-state index in [9.17, 15) is 18.0 Å². The number of hydrogen-bond donors (Lipinski definition) is 0. The normalized spacial score (nSPS) is 19.7. The molecule has 0 aliphatic carbocycles. The maximum atomic E-state index is 13.5. The number of benzene rings is 2. The molecule has 0 spiro atoms. The van der Waals surface area contributed by atoms with Crippen molar-refractivity contribution in [1.29, 1.82) is 5.26 Å². The van der Waals surface area contributed by atoms with Gasteiger partial charge in [0.15, 0.2) is 5.11 Å². The van der Waals surface area contributed by atoms with Crippen LogP contribution in [0.25, 0.3) is 10.9 Å². The van der Waals surface area contributed by atoms with Gasteiger partial charge < -0.3 is 9.64 Å². The fraction of sp³-hybridized carbons (Fsp3) is 0.304. The number of alkyl halides is 3. The molecule has 174 valence electrons. The van der Waals surface area contributed by atoms with Gasteiger partial charge in [-0.1, -0.05) is 0 Å². The molecule has 0 bridgehead atoms. The summed E-state index contributed by atoms with van der Waals surface area (Å²) in [7, 11) is 0. The number of thiocarbonyl (C=S) groups is 1. The third-order valence-corrected chi connectivity index (χ3v) is 6.31. The lowest BCUT2D eigenvalue weighted by Crippen LogP contribution is -2.44. The van der Waals surface area contributed by atoms with E-state index in [0.29, 0.717) is 18.8 Å². The number of nitriles is 1. The molecule has 2 aliphatic rings. The van der Waals surface area contributed by atoms with Crippen LogP contribution in [0.3, 0.4) is 0 Å². The molecule has 1 atom stereocenters. The highest BCUT2D eigenvalue weighted by Gasteiger charge is 2.50.